The number of rotatable bonds is 5. The smallest absolute Gasteiger partial charge is 0.232 e. The summed E-state index contributed by atoms with van der Waals surface area (Å²) in [4.78, 5) is 22.3. The number of thioether (sulfide) groups is 1. The first-order valence-corrected chi connectivity index (χ1v) is 7.06. The van der Waals surface area contributed by atoms with Gasteiger partial charge in [-0.1, -0.05) is 25.6 Å². The highest BCUT2D eigenvalue weighted by molar-refractivity contribution is 7.99. The van der Waals surface area contributed by atoms with Crippen molar-refractivity contribution in [1.82, 2.24) is 14.9 Å². The van der Waals surface area contributed by atoms with E-state index in [2.05, 4.69) is 23.8 Å². The SMILES string of the molecule is Cc1cc(C)nc(SCC(=O)N(C)CC(C)C)n1. The minimum absolute atomic E-state index is 0.122. The average molecular weight is 267 g/mol. The molecule has 0 saturated heterocycles. The van der Waals surface area contributed by atoms with Crippen molar-refractivity contribution < 1.29 is 4.79 Å². The van der Waals surface area contributed by atoms with E-state index in [9.17, 15) is 4.79 Å². The first-order chi connectivity index (χ1) is 8.38. The minimum atomic E-state index is 0.122. The van der Waals surface area contributed by atoms with Crippen LogP contribution in [0.4, 0.5) is 0 Å². The van der Waals surface area contributed by atoms with Gasteiger partial charge in [0.1, 0.15) is 0 Å². The molecule has 0 N–H and O–H groups in total. The van der Waals surface area contributed by atoms with Crippen molar-refractivity contribution >= 4 is 17.7 Å². The molecule has 0 saturated carbocycles. The summed E-state index contributed by atoms with van der Waals surface area (Å²) in [6.07, 6.45) is 0. The second-order valence-electron chi connectivity index (χ2n) is 4.89. The van der Waals surface area contributed by atoms with Crippen molar-refractivity contribution in [3.63, 3.8) is 0 Å². The molecule has 1 amide bonds. The zero-order chi connectivity index (χ0) is 13.7. The number of carbonyl (C=O) groups excluding carboxylic acids is 1. The zero-order valence-electron chi connectivity index (χ0n) is 11.7. The number of nitrogens with zero attached hydrogens (tertiary/aromatic N) is 3. The maximum Gasteiger partial charge on any atom is 0.232 e. The predicted octanol–water partition coefficient (Wildman–Crippen LogP) is 2.30. The fourth-order valence-electron chi connectivity index (χ4n) is 1.64. The van der Waals surface area contributed by atoms with Crippen LogP contribution in [0.2, 0.25) is 0 Å². The lowest BCUT2D eigenvalue weighted by atomic mass is 10.2. The normalized spacial score (nSPS) is 10.8. The molecule has 0 aromatic carbocycles. The number of aromatic nitrogens is 2. The Bertz CT molecular complexity index is 400. The van der Waals surface area contributed by atoms with Gasteiger partial charge in [-0.3, -0.25) is 4.79 Å². The van der Waals surface area contributed by atoms with Gasteiger partial charge in [-0.25, -0.2) is 9.97 Å². The molecule has 0 fully saturated rings. The van der Waals surface area contributed by atoms with Crippen molar-refractivity contribution in [3.05, 3.63) is 17.5 Å². The van der Waals surface area contributed by atoms with Gasteiger partial charge in [-0.15, -0.1) is 0 Å². The molecule has 1 rings (SSSR count). The van der Waals surface area contributed by atoms with E-state index in [0.717, 1.165) is 17.9 Å². The van der Waals surface area contributed by atoms with Crippen LogP contribution in [0.1, 0.15) is 25.2 Å². The van der Waals surface area contributed by atoms with E-state index < -0.39 is 0 Å². The quantitative estimate of drug-likeness (QED) is 0.606. The van der Waals surface area contributed by atoms with Crippen molar-refractivity contribution in [3.8, 4) is 0 Å². The standard InChI is InChI=1S/C13H21N3OS/c1-9(2)7-16(5)12(17)8-18-13-14-10(3)6-11(4)15-13/h6,9H,7-8H2,1-5H3. The van der Waals surface area contributed by atoms with Gasteiger partial charge < -0.3 is 4.90 Å². The van der Waals surface area contributed by atoms with E-state index in [4.69, 9.17) is 0 Å². The number of aryl methyl sites for hydroxylation is 2. The van der Waals surface area contributed by atoms with Gasteiger partial charge in [0.25, 0.3) is 0 Å². The first-order valence-electron chi connectivity index (χ1n) is 6.07. The Morgan fingerprint density at radius 2 is 1.89 bits per heavy atom. The van der Waals surface area contributed by atoms with Crippen molar-refractivity contribution in [2.45, 2.75) is 32.9 Å². The molecule has 0 aliphatic heterocycles. The molecule has 0 atom stereocenters. The molecular weight excluding hydrogens is 246 g/mol. The lowest BCUT2D eigenvalue weighted by Crippen LogP contribution is -2.31. The van der Waals surface area contributed by atoms with Gasteiger partial charge in [0.15, 0.2) is 5.16 Å². The largest absolute Gasteiger partial charge is 0.345 e. The minimum Gasteiger partial charge on any atom is -0.345 e. The molecule has 0 spiro atoms. The number of amides is 1. The molecule has 0 bridgehead atoms. The summed E-state index contributed by atoms with van der Waals surface area (Å²) >= 11 is 1.40. The maximum atomic E-state index is 11.9. The second-order valence-corrected chi connectivity index (χ2v) is 5.83. The van der Waals surface area contributed by atoms with Gasteiger partial charge in [-0.2, -0.15) is 0 Å². The molecule has 0 aliphatic rings. The highest BCUT2D eigenvalue weighted by Crippen LogP contribution is 2.14. The molecule has 4 nitrogen and oxygen atoms in total. The van der Waals surface area contributed by atoms with Crippen LogP contribution in [0.15, 0.2) is 11.2 Å². The lowest BCUT2D eigenvalue weighted by molar-refractivity contribution is -0.127. The third kappa shape index (κ3) is 5.04. The molecule has 0 aliphatic carbocycles. The monoisotopic (exact) mass is 267 g/mol. The summed E-state index contributed by atoms with van der Waals surface area (Å²) in [6.45, 7) is 8.86. The number of hydrogen-bond donors (Lipinski definition) is 0. The van der Waals surface area contributed by atoms with Crippen LogP contribution in [0.3, 0.4) is 0 Å². The summed E-state index contributed by atoms with van der Waals surface area (Å²) in [5.74, 6) is 1.00. The molecule has 0 unspecified atom stereocenters. The predicted molar refractivity (Wildman–Crippen MR) is 74.7 cm³/mol. The molecule has 0 radical (unpaired) electrons. The Hall–Kier alpha value is -1.10. The van der Waals surface area contributed by atoms with E-state index in [1.54, 1.807) is 4.90 Å². The van der Waals surface area contributed by atoms with Crippen LogP contribution in [0.5, 0.6) is 0 Å². The molecule has 5 heteroatoms. The third-order valence-corrected chi connectivity index (χ3v) is 3.18. The molecule has 18 heavy (non-hydrogen) atoms. The zero-order valence-corrected chi connectivity index (χ0v) is 12.5. The summed E-state index contributed by atoms with van der Waals surface area (Å²) in [5.41, 5.74) is 1.88. The van der Waals surface area contributed by atoms with Crippen LogP contribution >= 0.6 is 11.8 Å². The second kappa shape index (κ2) is 6.73. The van der Waals surface area contributed by atoms with E-state index in [0.29, 0.717) is 16.8 Å². The molecule has 100 valence electrons. The topological polar surface area (TPSA) is 46.1 Å². The molecular formula is C13H21N3OS. The molecule has 1 aromatic heterocycles. The number of carbonyl (C=O) groups is 1. The Balaban J connectivity index is 2.52. The highest BCUT2D eigenvalue weighted by Gasteiger charge is 2.11. The third-order valence-electron chi connectivity index (χ3n) is 2.35. The highest BCUT2D eigenvalue weighted by atomic mass is 32.2. The van der Waals surface area contributed by atoms with Crippen molar-refractivity contribution in [2.24, 2.45) is 5.92 Å². The van der Waals surface area contributed by atoms with Gasteiger partial charge >= 0.3 is 0 Å². The molecule has 1 aromatic rings. The van der Waals surface area contributed by atoms with Crippen molar-refractivity contribution in [2.75, 3.05) is 19.3 Å². The van der Waals surface area contributed by atoms with Crippen LogP contribution in [-0.2, 0) is 4.79 Å². The Morgan fingerprint density at radius 3 is 2.39 bits per heavy atom. The Morgan fingerprint density at radius 1 is 1.33 bits per heavy atom. The van der Waals surface area contributed by atoms with Gasteiger partial charge in [0.05, 0.1) is 5.75 Å². The van der Waals surface area contributed by atoms with E-state index in [1.807, 2.05) is 27.0 Å². The average Bonchev–Trinajstić information content (AvgIpc) is 2.23. The van der Waals surface area contributed by atoms with E-state index >= 15 is 0 Å². The first kappa shape index (κ1) is 15.0. The van der Waals surface area contributed by atoms with Crippen molar-refractivity contribution in [1.29, 1.82) is 0 Å². The summed E-state index contributed by atoms with van der Waals surface area (Å²) < 4.78 is 0. The number of hydrogen-bond acceptors (Lipinski definition) is 4. The Labute approximate surface area is 113 Å². The fourth-order valence-corrected chi connectivity index (χ4v) is 2.53. The van der Waals surface area contributed by atoms with Gasteiger partial charge in [-0.05, 0) is 25.8 Å². The lowest BCUT2D eigenvalue weighted by Gasteiger charge is -2.18. The van der Waals surface area contributed by atoms with E-state index in [1.165, 1.54) is 11.8 Å². The van der Waals surface area contributed by atoms with Crippen LogP contribution in [-0.4, -0.2) is 40.1 Å². The van der Waals surface area contributed by atoms with Gasteiger partial charge in [0.2, 0.25) is 5.91 Å². The summed E-state index contributed by atoms with van der Waals surface area (Å²) in [5, 5.41) is 0.679. The summed E-state index contributed by atoms with van der Waals surface area (Å²) in [6, 6.07) is 1.93. The maximum absolute atomic E-state index is 11.9. The van der Waals surface area contributed by atoms with Crippen LogP contribution < -0.4 is 0 Å². The van der Waals surface area contributed by atoms with Gasteiger partial charge in [0, 0.05) is 25.0 Å². The van der Waals surface area contributed by atoms with E-state index in [-0.39, 0.29) is 5.91 Å². The van der Waals surface area contributed by atoms with Crippen LogP contribution in [0.25, 0.3) is 0 Å². The fraction of sp³-hybridized carbons (Fsp3) is 0.615. The van der Waals surface area contributed by atoms with Crippen LogP contribution in [0, 0.1) is 19.8 Å². The summed E-state index contributed by atoms with van der Waals surface area (Å²) in [7, 11) is 1.84. The Kier molecular flexibility index (Phi) is 5.59. The molecule has 1 heterocycles.